The first-order valence-electron chi connectivity index (χ1n) is 16.4. The Kier molecular flexibility index (Phi) is 6.12. The number of nitrogens with zero attached hydrogens (tertiary/aromatic N) is 1. The highest BCUT2D eigenvalue weighted by atomic mass is 32.1. The van der Waals surface area contributed by atoms with Crippen LogP contribution in [-0.2, 0) is 0 Å². The van der Waals surface area contributed by atoms with Gasteiger partial charge in [0.2, 0.25) is 0 Å². The van der Waals surface area contributed by atoms with Gasteiger partial charge in [-0.25, -0.2) is 0 Å². The lowest BCUT2D eigenvalue weighted by atomic mass is 9.97. The zero-order valence-corrected chi connectivity index (χ0v) is 26.9. The van der Waals surface area contributed by atoms with Crippen molar-refractivity contribution in [2.45, 2.75) is 0 Å². The molecule has 10 rings (SSSR count). The van der Waals surface area contributed by atoms with Gasteiger partial charge in [-0.2, -0.15) is 0 Å². The molecule has 0 radical (unpaired) electrons. The lowest BCUT2D eigenvalue weighted by Gasteiger charge is -2.29. The topological polar surface area (TPSA) is 3.24 Å². The second-order valence-corrected chi connectivity index (χ2v) is 13.5. The molecule has 0 unspecified atom stereocenters. The molecule has 2 heteroatoms. The number of benzene rings is 9. The van der Waals surface area contributed by atoms with Gasteiger partial charge in [-0.1, -0.05) is 146 Å². The maximum absolute atomic E-state index is 2.50. The predicted octanol–water partition coefficient (Wildman–Crippen LogP) is 13.8. The van der Waals surface area contributed by atoms with Gasteiger partial charge < -0.3 is 4.90 Å². The minimum absolute atomic E-state index is 1.14. The van der Waals surface area contributed by atoms with Crippen molar-refractivity contribution in [2.24, 2.45) is 0 Å². The van der Waals surface area contributed by atoms with E-state index in [1.807, 2.05) is 11.3 Å². The summed E-state index contributed by atoms with van der Waals surface area (Å²) in [4.78, 5) is 2.50. The summed E-state index contributed by atoms with van der Waals surface area (Å²) >= 11 is 1.89. The van der Waals surface area contributed by atoms with Crippen molar-refractivity contribution in [3.05, 3.63) is 176 Å². The fourth-order valence-corrected chi connectivity index (χ4v) is 8.87. The third kappa shape index (κ3) is 4.17. The van der Waals surface area contributed by atoms with Crippen LogP contribution in [0, 0.1) is 0 Å². The molecule has 0 aliphatic carbocycles. The summed E-state index contributed by atoms with van der Waals surface area (Å²) < 4.78 is 2.60. The van der Waals surface area contributed by atoms with Crippen LogP contribution in [0.1, 0.15) is 0 Å². The smallest absolute Gasteiger partial charge is 0.0555 e. The van der Waals surface area contributed by atoms with Gasteiger partial charge in [0.25, 0.3) is 0 Å². The summed E-state index contributed by atoms with van der Waals surface area (Å²) in [5.74, 6) is 0. The van der Waals surface area contributed by atoms with Crippen LogP contribution < -0.4 is 4.90 Å². The van der Waals surface area contributed by atoms with Crippen LogP contribution in [0.25, 0.3) is 74.4 Å². The molecule has 0 atom stereocenters. The van der Waals surface area contributed by atoms with Crippen LogP contribution in [0.2, 0.25) is 0 Å². The van der Waals surface area contributed by atoms with E-state index in [0.29, 0.717) is 0 Å². The molecule has 0 aliphatic heterocycles. The fraction of sp³-hybridized carbons (Fsp3) is 0. The molecule has 0 saturated carbocycles. The standard InChI is InChI=1S/C46H29NS/c1-2-11-30(12-3-1)38-27-28-43(45-41-17-8-9-20-44(41)48-46(38)45)47(34-24-26-37-33(29-34)22-21-31-13-4-6-15-35(31)37)42-19-10-18-39-36-16-7-5-14-32(36)23-25-40(39)42/h1-29H. The first-order chi connectivity index (χ1) is 23.8. The van der Waals surface area contributed by atoms with E-state index in [1.54, 1.807) is 0 Å². The largest absolute Gasteiger partial charge is 0.309 e. The predicted molar refractivity (Wildman–Crippen MR) is 209 cm³/mol. The van der Waals surface area contributed by atoms with Gasteiger partial charge in [-0.05, 0) is 79.2 Å². The summed E-state index contributed by atoms with van der Waals surface area (Å²) in [7, 11) is 0. The van der Waals surface area contributed by atoms with E-state index < -0.39 is 0 Å². The molecule has 0 spiro atoms. The van der Waals surface area contributed by atoms with Gasteiger partial charge >= 0.3 is 0 Å². The third-order valence-corrected chi connectivity index (χ3v) is 11.0. The quantitative estimate of drug-likeness (QED) is 0.176. The van der Waals surface area contributed by atoms with E-state index in [1.165, 1.54) is 85.8 Å². The van der Waals surface area contributed by atoms with Gasteiger partial charge in [0.1, 0.15) is 0 Å². The molecule has 0 saturated heterocycles. The molecule has 9 aromatic carbocycles. The fourth-order valence-electron chi connectivity index (χ4n) is 7.61. The van der Waals surface area contributed by atoms with Crippen molar-refractivity contribution in [1.82, 2.24) is 0 Å². The van der Waals surface area contributed by atoms with Crippen LogP contribution in [0.4, 0.5) is 17.1 Å². The van der Waals surface area contributed by atoms with Gasteiger partial charge in [0, 0.05) is 31.2 Å². The first kappa shape index (κ1) is 27.2. The second-order valence-electron chi connectivity index (χ2n) is 12.5. The molecule has 0 amide bonds. The number of hydrogen-bond acceptors (Lipinski definition) is 2. The number of hydrogen-bond donors (Lipinski definition) is 0. The first-order valence-corrected chi connectivity index (χ1v) is 17.3. The number of fused-ring (bicyclic) bond motifs is 9. The molecule has 1 aromatic heterocycles. The Morgan fingerprint density at radius 2 is 1.00 bits per heavy atom. The lowest BCUT2D eigenvalue weighted by molar-refractivity contribution is 1.32. The van der Waals surface area contributed by atoms with Crippen LogP contribution in [0.5, 0.6) is 0 Å². The van der Waals surface area contributed by atoms with Crippen molar-refractivity contribution in [1.29, 1.82) is 0 Å². The Hall–Kier alpha value is -5.96. The highest BCUT2D eigenvalue weighted by Gasteiger charge is 2.23. The van der Waals surface area contributed by atoms with E-state index in [4.69, 9.17) is 0 Å². The summed E-state index contributed by atoms with van der Waals surface area (Å²) in [6.45, 7) is 0. The van der Waals surface area contributed by atoms with Gasteiger partial charge in [0.05, 0.1) is 11.4 Å². The molecule has 0 bridgehead atoms. The average Bonchev–Trinajstić information content (AvgIpc) is 3.55. The summed E-state index contributed by atoms with van der Waals surface area (Å²) in [5, 5.41) is 12.6. The average molecular weight is 628 g/mol. The van der Waals surface area contributed by atoms with Crippen LogP contribution >= 0.6 is 11.3 Å². The molecule has 0 N–H and O–H groups in total. The molecule has 0 fully saturated rings. The Bertz CT molecular complexity index is 2850. The van der Waals surface area contributed by atoms with Crippen molar-refractivity contribution in [3.8, 4) is 11.1 Å². The number of rotatable bonds is 4. The van der Waals surface area contributed by atoms with E-state index >= 15 is 0 Å². The number of thiophene rings is 1. The maximum atomic E-state index is 2.50. The molecule has 1 nitrogen and oxygen atoms in total. The zero-order chi connectivity index (χ0) is 31.6. The molecule has 224 valence electrons. The monoisotopic (exact) mass is 627 g/mol. The molecule has 10 aromatic rings. The molecular weight excluding hydrogens is 599 g/mol. The summed E-state index contributed by atoms with van der Waals surface area (Å²) in [5.41, 5.74) is 6.00. The maximum Gasteiger partial charge on any atom is 0.0555 e. The molecule has 0 aliphatic rings. The van der Waals surface area contributed by atoms with Crippen LogP contribution in [0.15, 0.2) is 176 Å². The Balaban J connectivity index is 1.32. The molecule has 48 heavy (non-hydrogen) atoms. The van der Waals surface area contributed by atoms with Gasteiger partial charge in [0.15, 0.2) is 0 Å². The van der Waals surface area contributed by atoms with Crippen LogP contribution in [0.3, 0.4) is 0 Å². The summed E-state index contributed by atoms with van der Waals surface area (Å²) in [6, 6.07) is 64.5. The third-order valence-electron chi connectivity index (χ3n) is 9.82. The highest BCUT2D eigenvalue weighted by molar-refractivity contribution is 7.26. The Morgan fingerprint density at radius 3 is 1.83 bits per heavy atom. The van der Waals surface area contributed by atoms with E-state index in [0.717, 1.165) is 5.69 Å². The zero-order valence-electron chi connectivity index (χ0n) is 26.1. The van der Waals surface area contributed by atoms with Crippen molar-refractivity contribution >= 4 is 91.7 Å². The Labute approximate surface area is 282 Å². The lowest BCUT2D eigenvalue weighted by Crippen LogP contribution is -2.11. The Morgan fingerprint density at radius 1 is 0.375 bits per heavy atom. The van der Waals surface area contributed by atoms with E-state index in [-0.39, 0.29) is 0 Å². The van der Waals surface area contributed by atoms with Crippen molar-refractivity contribution in [3.63, 3.8) is 0 Å². The SMILES string of the molecule is c1ccc(-c2ccc(N(c3ccc4c(ccc5ccccc54)c3)c3cccc4c3ccc3ccccc34)c3c2sc2ccccc23)cc1. The molecular formula is C46H29NS. The van der Waals surface area contributed by atoms with E-state index in [9.17, 15) is 0 Å². The van der Waals surface area contributed by atoms with Crippen molar-refractivity contribution in [2.75, 3.05) is 4.90 Å². The molecule has 1 heterocycles. The normalized spacial score (nSPS) is 11.8. The van der Waals surface area contributed by atoms with Crippen molar-refractivity contribution < 1.29 is 0 Å². The minimum Gasteiger partial charge on any atom is -0.309 e. The summed E-state index contributed by atoms with van der Waals surface area (Å²) in [6.07, 6.45) is 0. The van der Waals surface area contributed by atoms with Crippen LogP contribution in [-0.4, -0.2) is 0 Å². The number of anilines is 3. The van der Waals surface area contributed by atoms with Gasteiger partial charge in [-0.3, -0.25) is 0 Å². The minimum atomic E-state index is 1.14. The van der Waals surface area contributed by atoms with Gasteiger partial charge in [-0.15, -0.1) is 11.3 Å². The highest BCUT2D eigenvalue weighted by Crippen LogP contribution is 2.50. The van der Waals surface area contributed by atoms with E-state index in [2.05, 4.69) is 181 Å². The second kappa shape index (κ2) is 10.8.